The Morgan fingerprint density at radius 1 is 1.00 bits per heavy atom. The molecule has 0 bridgehead atoms. The van der Waals surface area contributed by atoms with Crippen molar-refractivity contribution in [2.24, 2.45) is 0 Å². The van der Waals surface area contributed by atoms with Crippen LogP contribution in [0.2, 0.25) is 0 Å². The monoisotopic (exact) mass is 521 g/mol. The summed E-state index contributed by atoms with van der Waals surface area (Å²) in [6, 6.07) is 19.2. The molecule has 2 aromatic carbocycles. The minimum Gasteiger partial charge on any atom is -0.343 e. The normalized spacial score (nSPS) is 11.6. The molecule has 1 heterocycles. The largest absolute Gasteiger partial charge is 0.343 e. The van der Waals surface area contributed by atoms with E-state index in [4.69, 9.17) is 5.41 Å². The molecule has 0 aliphatic heterocycles. The number of carbonyl (C=O) groups is 2. The molecule has 1 atom stereocenters. The first-order valence-electron chi connectivity index (χ1n) is 10.9. The van der Waals surface area contributed by atoms with Gasteiger partial charge in [0.05, 0.1) is 11.7 Å². The maximum absolute atomic E-state index is 12.8. The Labute approximate surface area is 208 Å². The quantitative estimate of drug-likeness (QED) is 0.334. The van der Waals surface area contributed by atoms with Crippen molar-refractivity contribution in [2.75, 3.05) is 12.4 Å². The van der Waals surface area contributed by atoms with Crippen LogP contribution in [0.15, 0.2) is 77.4 Å². The van der Waals surface area contributed by atoms with Crippen LogP contribution < -0.4 is 10.6 Å². The fraction of sp³-hybridized carbons (Fsp3) is 0.231. The number of rotatable bonds is 8. The van der Waals surface area contributed by atoms with Gasteiger partial charge in [0.25, 0.3) is 5.91 Å². The van der Waals surface area contributed by atoms with Gasteiger partial charge in [0.1, 0.15) is 0 Å². The lowest BCUT2D eigenvalue weighted by molar-refractivity contribution is 0.0937. The average Bonchev–Trinajstić information content (AvgIpc) is 2.84. The summed E-state index contributed by atoms with van der Waals surface area (Å²) < 4.78 is 0.891. The van der Waals surface area contributed by atoms with Gasteiger partial charge in [-0.3, -0.25) is 9.78 Å². The summed E-state index contributed by atoms with van der Waals surface area (Å²) in [5, 5.41) is 14.5. The van der Waals surface area contributed by atoms with Gasteiger partial charge in [-0.1, -0.05) is 34.1 Å². The molecular weight excluding hydrogens is 494 g/mol. The molecular formula is C26H28BrN5O2. The molecule has 3 aromatic rings. The van der Waals surface area contributed by atoms with Crippen LogP contribution >= 0.6 is 15.9 Å². The predicted octanol–water partition coefficient (Wildman–Crippen LogP) is 5.65. The summed E-state index contributed by atoms with van der Waals surface area (Å²) in [6.07, 6.45) is 1.93. The number of nitrogens with one attached hydrogen (secondary N) is 3. The van der Waals surface area contributed by atoms with E-state index in [0.717, 1.165) is 4.47 Å². The van der Waals surface area contributed by atoms with E-state index in [1.807, 2.05) is 44.2 Å². The van der Waals surface area contributed by atoms with Crippen molar-refractivity contribution in [1.29, 1.82) is 5.41 Å². The molecule has 1 aromatic heterocycles. The summed E-state index contributed by atoms with van der Waals surface area (Å²) in [6.45, 7) is 3.88. The Hall–Kier alpha value is -3.52. The Bertz CT molecular complexity index is 1130. The first kappa shape index (κ1) is 25.1. The van der Waals surface area contributed by atoms with E-state index in [2.05, 4.69) is 31.5 Å². The lowest BCUT2D eigenvalue weighted by Crippen LogP contribution is -2.36. The molecule has 0 spiro atoms. The highest BCUT2D eigenvalue weighted by Gasteiger charge is 2.20. The summed E-state index contributed by atoms with van der Waals surface area (Å²) in [7, 11) is 1.74. The van der Waals surface area contributed by atoms with Gasteiger partial charge in [-0.25, -0.2) is 4.79 Å². The molecule has 0 saturated carbocycles. The molecule has 8 heteroatoms. The van der Waals surface area contributed by atoms with Gasteiger partial charge in [-0.2, -0.15) is 0 Å². The molecule has 0 aliphatic carbocycles. The number of amides is 3. The van der Waals surface area contributed by atoms with Gasteiger partial charge in [0.2, 0.25) is 0 Å². The summed E-state index contributed by atoms with van der Waals surface area (Å²) in [5.74, 6) is -0.233. The van der Waals surface area contributed by atoms with Gasteiger partial charge in [0.15, 0.2) is 0 Å². The number of halogens is 1. The van der Waals surface area contributed by atoms with Crippen LogP contribution in [-0.2, 0) is 0 Å². The third-order valence-corrected chi connectivity index (χ3v) is 5.97. The van der Waals surface area contributed by atoms with Crippen LogP contribution in [0.4, 0.5) is 10.5 Å². The predicted molar refractivity (Wildman–Crippen MR) is 138 cm³/mol. The van der Waals surface area contributed by atoms with Crippen LogP contribution in [0.25, 0.3) is 0 Å². The van der Waals surface area contributed by atoms with Crippen molar-refractivity contribution in [3.8, 4) is 0 Å². The van der Waals surface area contributed by atoms with Crippen LogP contribution in [0.3, 0.4) is 0 Å². The number of anilines is 1. The lowest BCUT2D eigenvalue weighted by atomic mass is 9.99. The van der Waals surface area contributed by atoms with Gasteiger partial charge >= 0.3 is 6.03 Å². The highest BCUT2D eigenvalue weighted by Crippen LogP contribution is 2.20. The van der Waals surface area contributed by atoms with Crippen molar-refractivity contribution in [1.82, 2.24) is 15.2 Å². The number of urea groups is 1. The molecule has 3 N–H and O–H groups in total. The maximum atomic E-state index is 12.8. The van der Waals surface area contributed by atoms with Crippen molar-refractivity contribution in [2.45, 2.75) is 32.4 Å². The Morgan fingerprint density at radius 3 is 2.24 bits per heavy atom. The smallest absolute Gasteiger partial charge is 0.321 e. The fourth-order valence-corrected chi connectivity index (χ4v) is 3.44. The second-order valence-corrected chi connectivity index (χ2v) is 9.10. The number of aromatic nitrogens is 1. The first-order chi connectivity index (χ1) is 16.2. The van der Waals surface area contributed by atoms with Crippen molar-refractivity contribution >= 4 is 39.3 Å². The Kier molecular flexibility index (Phi) is 8.54. The number of pyridine rings is 1. The maximum Gasteiger partial charge on any atom is 0.321 e. The molecule has 0 aliphatic rings. The van der Waals surface area contributed by atoms with E-state index >= 15 is 0 Å². The van der Waals surface area contributed by atoms with Crippen molar-refractivity contribution < 1.29 is 9.59 Å². The molecule has 0 fully saturated rings. The zero-order valence-corrected chi connectivity index (χ0v) is 21.0. The van der Waals surface area contributed by atoms with E-state index in [-0.39, 0.29) is 24.4 Å². The zero-order chi connectivity index (χ0) is 24.7. The van der Waals surface area contributed by atoms with E-state index < -0.39 is 6.04 Å². The van der Waals surface area contributed by atoms with Crippen molar-refractivity contribution in [3.05, 3.63) is 94.2 Å². The molecule has 1 unspecified atom stereocenters. The van der Waals surface area contributed by atoms with Crippen molar-refractivity contribution in [3.63, 3.8) is 0 Å². The number of benzene rings is 2. The number of hydrogen-bond donors (Lipinski definition) is 3. The molecule has 7 nitrogen and oxygen atoms in total. The van der Waals surface area contributed by atoms with E-state index in [1.165, 1.54) is 0 Å². The molecule has 3 amide bonds. The zero-order valence-electron chi connectivity index (χ0n) is 19.4. The topological polar surface area (TPSA) is 98.2 Å². The van der Waals surface area contributed by atoms with Crippen LogP contribution in [0.5, 0.6) is 0 Å². The SMILES string of the molecule is CC(C)N(C)C(=O)Nc1ccc(C(=N)CC(NC(=O)c2ccc(Br)cc2)c2ccccn2)cc1. The number of nitrogens with zero attached hydrogens (tertiary/aromatic N) is 2. The fourth-order valence-electron chi connectivity index (χ4n) is 3.18. The van der Waals surface area contributed by atoms with Gasteiger partial charge in [-0.05, 0) is 67.9 Å². The van der Waals surface area contributed by atoms with E-state index in [1.54, 1.807) is 54.5 Å². The molecule has 3 rings (SSSR count). The highest BCUT2D eigenvalue weighted by molar-refractivity contribution is 9.10. The second-order valence-electron chi connectivity index (χ2n) is 8.18. The summed E-state index contributed by atoms with van der Waals surface area (Å²) >= 11 is 3.38. The third-order valence-electron chi connectivity index (χ3n) is 5.44. The molecule has 176 valence electrons. The van der Waals surface area contributed by atoms with E-state index in [9.17, 15) is 9.59 Å². The minimum absolute atomic E-state index is 0.0867. The van der Waals surface area contributed by atoms with Gasteiger partial charge in [-0.15, -0.1) is 0 Å². The summed E-state index contributed by atoms with van der Waals surface area (Å²) in [5.41, 5.74) is 2.91. The molecule has 0 saturated heterocycles. The van der Waals surface area contributed by atoms with E-state index in [0.29, 0.717) is 28.2 Å². The molecule has 34 heavy (non-hydrogen) atoms. The van der Waals surface area contributed by atoms with Crippen LogP contribution in [0, 0.1) is 5.41 Å². The average molecular weight is 522 g/mol. The van der Waals surface area contributed by atoms with Gasteiger partial charge in [0, 0.05) is 47.1 Å². The van der Waals surface area contributed by atoms with Gasteiger partial charge < -0.3 is 20.9 Å². The molecule has 0 radical (unpaired) electrons. The van der Waals surface area contributed by atoms with Crippen LogP contribution in [-0.4, -0.2) is 40.6 Å². The standard InChI is InChI=1S/C26H28BrN5O2/c1-17(2)32(3)26(34)30-21-13-9-18(10-14-21)22(28)16-24(23-6-4-5-15-29-23)31-25(33)19-7-11-20(27)12-8-19/h4-15,17,24,28H,16H2,1-3H3,(H,30,34)(H,31,33). The first-order valence-corrected chi connectivity index (χ1v) is 11.7. The number of hydrogen-bond acceptors (Lipinski definition) is 4. The van der Waals surface area contributed by atoms with Crippen LogP contribution in [0.1, 0.15) is 47.9 Å². The number of carbonyl (C=O) groups excluding carboxylic acids is 2. The Morgan fingerprint density at radius 2 is 1.65 bits per heavy atom. The highest BCUT2D eigenvalue weighted by atomic mass is 79.9. The lowest BCUT2D eigenvalue weighted by Gasteiger charge is -2.22. The minimum atomic E-state index is -0.469. The summed E-state index contributed by atoms with van der Waals surface area (Å²) in [4.78, 5) is 31.1. The second kappa shape index (κ2) is 11.6. The Balaban J connectivity index is 1.72. The third kappa shape index (κ3) is 6.74.